The van der Waals surface area contributed by atoms with Gasteiger partial charge in [0.05, 0.1) is 12.5 Å². The second kappa shape index (κ2) is 6.67. The van der Waals surface area contributed by atoms with E-state index in [1.54, 1.807) is 7.11 Å². The summed E-state index contributed by atoms with van der Waals surface area (Å²) in [5.74, 6) is 3.60. The number of methoxy groups -OCH3 is 1. The van der Waals surface area contributed by atoms with Crippen LogP contribution in [-0.4, -0.2) is 25.2 Å². The fraction of sp³-hybridized carbons (Fsp3) is 0.591. The maximum atomic E-state index is 13.2. The normalized spacial score (nSPS) is 22.2. The van der Waals surface area contributed by atoms with Crippen molar-refractivity contribution >= 4 is 5.91 Å². The summed E-state index contributed by atoms with van der Waals surface area (Å²) >= 11 is 0. The first kappa shape index (κ1) is 18.0. The van der Waals surface area contributed by atoms with Crippen molar-refractivity contribution in [1.29, 1.82) is 0 Å². The van der Waals surface area contributed by atoms with Crippen molar-refractivity contribution in [3.05, 3.63) is 29.8 Å². The summed E-state index contributed by atoms with van der Waals surface area (Å²) in [6, 6.07) is 7.99. The van der Waals surface area contributed by atoms with E-state index in [0.717, 1.165) is 37.0 Å². The van der Waals surface area contributed by atoms with Crippen molar-refractivity contribution in [3.8, 4) is 18.1 Å². The van der Waals surface area contributed by atoms with E-state index < -0.39 is 5.41 Å². The highest BCUT2D eigenvalue weighted by atomic mass is 16.5. The van der Waals surface area contributed by atoms with Crippen LogP contribution in [0.5, 0.6) is 5.75 Å². The Morgan fingerprint density at radius 2 is 1.93 bits per heavy atom. The van der Waals surface area contributed by atoms with Gasteiger partial charge in [0, 0.05) is 25.8 Å². The van der Waals surface area contributed by atoms with E-state index in [-0.39, 0.29) is 11.6 Å². The van der Waals surface area contributed by atoms with Gasteiger partial charge >= 0.3 is 0 Å². The molecule has 142 valence electrons. The largest absolute Gasteiger partial charge is 0.497 e. The summed E-state index contributed by atoms with van der Waals surface area (Å²) in [5, 5.41) is 11.5. The number of rotatable bonds is 8. The molecule has 2 fully saturated rings. The zero-order valence-corrected chi connectivity index (χ0v) is 16.0. The second-order valence-electron chi connectivity index (χ2n) is 8.41. The molecule has 1 amide bonds. The number of amides is 1. The Morgan fingerprint density at radius 3 is 2.44 bits per heavy atom. The van der Waals surface area contributed by atoms with Crippen molar-refractivity contribution in [2.45, 2.75) is 62.4 Å². The van der Waals surface area contributed by atoms with E-state index in [1.165, 1.54) is 19.3 Å². The van der Waals surface area contributed by atoms with Crippen LogP contribution in [-0.2, 0) is 10.2 Å². The molecule has 1 aliphatic heterocycles. The molecule has 1 N–H and O–H groups in total. The third-order valence-electron chi connectivity index (χ3n) is 6.71. The quantitative estimate of drug-likeness (QED) is 0.708. The number of ether oxygens (including phenoxy) is 1. The number of carbonyl (C=O) groups excluding carboxylic acids is 1. The predicted octanol–water partition coefficient (Wildman–Crippen LogP) is 3.98. The minimum absolute atomic E-state index is 0.137. The number of carbonyl (C=O) groups is 1. The molecule has 0 aromatic heterocycles. The summed E-state index contributed by atoms with van der Waals surface area (Å²) in [5.41, 5.74) is 0.742. The zero-order chi connectivity index (χ0) is 19.0. The molecule has 3 aliphatic rings. The van der Waals surface area contributed by atoms with Crippen molar-refractivity contribution in [3.63, 3.8) is 0 Å². The van der Waals surface area contributed by atoms with Crippen LogP contribution in [0, 0.1) is 17.8 Å². The third-order valence-corrected chi connectivity index (χ3v) is 6.71. The van der Waals surface area contributed by atoms with Crippen LogP contribution < -0.4 is 10.1 Å². The lowest BCUT2D eigenvalue weighted by atomic mass is 9.43. The summed E-state index contributed by atoms with van der Waals surface area (Å²) in [4.78, 5) is 13.2. The van der Waals surface area contributed by atoms with Gasteiger partial charge in [-0.2, -0.15) is 10.2 Å². The lowest BCUT2D eigenvalue weighted by Crippen LogP contribution is -2.60. The summed E-state index contributed by atoms with van der Waals surface area (Å²) in [6.45, 7) is 0.585. The number of hydrogen-bond donors (Lipinski definition) is 1. The van der Waals surface area contributed by atoms with Gasteiger partial charge in [-0.1, -0.05) is 18.6 Å². The first-order valence-electron chi connectivity index (χ1n) is 9.86. The van der Waals surface area contributed by atoms with Gasteiger partial charge < -0.3 is 10.1 Å². The molecule has 1 spiro atoms. The SMILES string of the molecule is C#CCCC1(CCNC(=O)C2(c3ccc(OC)cc3)CC3(CCC3)C2)N=N1. The topological polar surface area (TPSA) is 63.0 Å². The average molecular weight is 365 g/mol. The van der Waals surface area contributed by atoms with Gasteiger partial charge in [0.1, 0.15) is 5.75 Å². The van der Waals surface area contributed by atoms with E-state index in [9.17, 15) is 4.79 Å². The highest BCUT2D eigenvalue weighted by Crippen LogP contribution is 2.65. The Kier molecular flexibility index (Phi) is 4.46. The maximum Gasteiger partial charge on any atom is 0.230 e. The molecule has 0 bridgehead atoms. The van der Waals surface area contributed by atoms with Crippen molar-refractivity contribution in [2.75, 3.05) is 13.7 Å². The van der Waals surface area contributed by atoms with E-state index in [0.29, 0.717) is 18.4 Å². The average Bonchev–Trinajstić information content (AvgIpc) is 3.38. The molecule has 2 aliphatic carbocycles. The minimum atomic E-state index is -0.406. The number of benzene rings is 1. The van der Waals surface area contributed by atoms with Gasteiger partial charge in [0.2, 0.25) is 5.91 Å². The Balaban J connectivity index is 1.41. The van der Waals surface area contributed by atoms with Gasteiger partial charge in [-0.05, 0) is 48.8 Å². The summed E-state index contributed by atoms with van der Waals surface area (Å²) in [6.07, 6.45) is 13.2. The van der Waals surface area contributed by atoms with Crippen LogP contribution >= 0.6 is 0 Å². The lowest BCUT2D eigenvalue weighted by Gasteiger charge is -2.60. The number of nitrogens with one attached hydrogen (secondary N) is 1. The van der Waals surface area contributed by atoms with Gasteiger partial charge in [-0.15, -0.1) is 12.3 Å². The minimum Gasteiger partial charge on any atom is -0.497 e. The third kappa shape index (κ3) is 3.22. The molecule has 0 atom stereocenters. The lowest BCUT2D eigenvalue weighted by molar-refractivity contribution is -0.142. The molecule has 5 heteroatoms. The molecular formula is C22H27N3O2. The van der Waals surface area contributed by atoms with Gasteiger partial charge in [-0.3, -0.25) is 4.79 Å². The predicted molar refractivity (Wildman–Crippen MR) is 103 cm³/mol. The van der Waals surface area contributed by atoms with Crippen LogP contribution in [0.15, 0.2) is 34.5 Å². The van der Waals surface area contributed by atoms with Crippen LogP contribution in [0.3, 0.4) is 0 Å². The molecule has 1 aromatic rings. The van der Waals surface area contributed by atoms with E-state index >= 15 is 0 Å². The second-order valence-corrected chi connectivity index (χ2v) is 8.41. The van der Waals surface area contributed by atoms with Gasteiger partial charge in [0.15, 0.2) is 5.66 Å². The van der Waals surface area contributed by atoms with Crippen molar-refractivity contribution in [1.82, 2.24) is 5.32 Å². The summed E-state index contributed by atoms with van der Waals surface area (Å²) in [7, 11) is 1.66. The molecule has 0 unspecified atom stereocenters. The standard InChI is InChI=1S/C22H27N3O2/c1-3-4-12-22(24-25-22)13-14-23-19(26)21(15-20(16-21)10-5-11-20)17-6-8-18(27-2)9-7-17/h1,6-9H,4-5,10-16H2,2H3,(H,23,26). The Morgan fingerprint density at radius 1 is 1.22 bits per heavy atom. The zero-order valence-electron chi connectivity index (χ0n) is 16.0. The first-order valence-corrected chi connectivity index (χ1v) is 9.86. The van der Waals surface area contributed by atoms with E-state index in [2.05, 4.69) is 21.5 Å². The highest BCUT2D eigenvalue weighted by Gasteiger charge is 2.61. The molecule has 4 rings (SSSR count). The van der Waals surface area contributed by atoms with Crippen LogP contribution in [0.2, 0.25) is 0 Å². The molecule has 2 saturated carbocycles. The molecule has 27 heavy (non-hydrogen) atoms. The smallest absolute Gasteiger partial charge is 0.230 e. The molecule has 0 radical (unpaired) electrons. The van der Waals surface area contributed by atoms with Crippen molar-refractivity contribution in [2.24, 2.45) is 15.6 Å². The van der Waals surface area contributed by atoms with Crippen LogP contribution in [0.4, 0.5) is 0 Å². The molecule has 5 nitrogen and oxygen atoms in total. The Bertz CT molecular complexity index is 773. The van der Waals surface area contributed by atoms with Gasteiger partial charge in [0.25, 0.3) is 0 Å². The number of terminal acetylenes is 1. The Hall–Kier alpha value is -2.35. The van der Waals surface area contributed by atoms with Crippen LogP contribution in [0.25, 0.3) is 0 Å². The first-order chi connectivity index (χ1) is 13.1. The molecule has 0 saturated heterocycles. The number of nitrogens with zero attached hydrogens (tertiary/aromatic N) is 2. The van der Waals surface area contributed by atoms with Gasteiger partial charge in [-0.25, -0.2) is 0 Å². The molecule has 1 heterocycles. The monoisotopic (exact) mass is 365 g/mol. The van der Waals surface area contributed by atoms with Crippen LogP contribution in [0.1, 0.15) is 56.9 Å². The number of hydrogen-bond acceptors (Lipinski definition) is 4. The molecule has 1 aromatic carbocycles. The Labute approximate surface area is 161 Å². The fourth-order valence-corrected chi connectivity index (χ4v) is 4.88. The molecular weight excluding hydrogens is 338 g/mol. The van der Waals surface area contributed by atoms with Crippen molar-refractivity contribution < 1.29 is 9.53 Å². The fourth-order valence-electron chi connectivity index (χ4n) is 4.88. The van der Waals surface area contributed by atoms with E-state index in [4.69, 9.17) is 11.2 Å². The van der Waals surface area contributed by atoms with E-state index in [1.807, 2.05) is 24.3 Å². The summed E-state index contributed by atoms with van der Waals surface area (Å²) < 4.78 is 5.27. The maximum absolute atomic E-state index is 13.2. The highest BCUT2D eigenvalue weighted by molar-refractivity contribution is 5.90.